The van der Waals surface area contributed by atoms with Gasteiger partial charge < -0.3 is 10.1 Å². The molecule has 2 aromatic rings. The molecule has 9 heteroatoms. The molecule has 0 saturated carbocycles. The molecular weight excluding hydrogens is 410 g/mol. The molecule has 1 aromatic heterocycles. The van der Waals surface area contributed by atoms with Gasteiger partial charge in [-0.15, -0.1) is 11.8 Å². The van der Waals surface area contributed by atoms with Crippen LogP contribution in [0.25, 0.3) is 5.69 Å². The van der Waals surface area contributed by atoms with E-state index in [4.69, 9.17) is 4.74 Å². The van der Waals surface area contributed by atoms with Gasteiger partial charge in [-0.25, -0.2) is 4.98 Å². The Balaban J connectivity index is 1.86. The average Bonchev–Trinajstić information content (AvgIpc) is 3.13. The molecule has 0 spiro atoms. The lowest BCUT2D eigenvalue weighted by Gasteiger charge is -2.15. The van der Waals surface area contributed by atoms with Gasteiger partial charge in [0.1, 0.15) is 6.54 Å². The van der Waals surface area contributed by atoms with Crippen LogP contribution in [-0.2, 0) is 20.7 Å². The minimum absolute atomic E-state index is 0.0442. The van der Waals surface area contributed by atoms with Gasteiger partial charge in [0.2, 0.25) is 5.91 Å². The van der Waals surface area contributed by atoms with Crippen molar-refractivity contribution in [1.82, 2.24) is 14.9 Å². The zero-order valence-corrected chi connectivity index (χ0v) is 18.2. The maximum Gasteiger partial charge on any atom is 0.325 e. The minimum Gasteiger partial charge on any atom is -0.465 e. The maximum atomic E-state index is 13.2. The Hall–Kier alpha value is -2.26. The molecule has 0 bridgehead atoms. The van der Waals surface area contributed by atoms with Crippen molar-refractivity contribution in [2.45, 2.75) is 37.2 Å². The van der Waals surface area contributed by atoms with E-state index in [9.17, 15) is 14.4 Å². The van der Waals surface area contributed by atoms with Gasteiger partial charge in [-0.3, -0.25) is 19.0 Å². The standard InChI is InChI=1S/C20H23N3O4S2/c1-4-27-17(25)10-21-16(24)11-29-20-22-15-5-6-28-18(15)19(26)23(20)14-8-12(2)7-13(3)9-14/h7-9H,4-6,10-11H2,1-3H3,(H,21,24). The molecule has 1 aromatic carbocycles. The number of carbonyl (C=O) groups is 2. The number of ether oxygens (including phenoxy) is 1. The Morgan fingerprint density at radius 2 is 2.00 bits per heavy atom. The van der Waals surface area contributed by atoms with E-state index < -0.39 is 5.97 Å². The fraction of sp³-hybridized carbons (Fsp3) is 0.400. The normalized spacial score (nSPS) is 12.5. The van der Waals surface area contributed by atoms with Gasteiger partial charge in [-0.1, -0.05) is 17.8 Å². The van der Waals surface area contributed by atoms with Crippen LogP contribution in [0.15, 0.2) is 33.0 Å². The molecule has 7 nitrogen and oxygen atoms in total. The van der Waals surface area contributed by atoms with Crippen molar-refractivity contribution in [1.29, 1.82) is 0 Å². The molecule has 0 radical (unpaired) electrons. The number of aromatic nitrogens is 2. The van der Waals surface area contributed by atoms with E-state index in [2.05, 4.69) is 10.3 Å². The number of hydrogen-bond donors (Lipinski definition) is 1. The fourth-order valence-electron chi connectivity index (χ4n) is 3.06. The van der Waals surface area contributed by atoms with Crippen molar-refractivity contribution < 1.29 is 14.3 Å². The summed E-state index contributed by atoms with van der Waals surface area (Å²) in [5.41, 5.74) is 3.52. The summed E-state index contributed by atoms with van der Waals surface area (Å²) >= 11 is 2.71. The van der Waals surface area contributed by atoms with Crippen LogP contribution in [0.4, 0.5) is 0 Å². The molecule has 0 unspecified atom stereocenters. The van der Waals surface area contributed by atoms with Gasteiger partial charge in [0.15, 0.2) is 5.16 Å². The predicted octanol–water partition coefficient (Wildman–Crippen LogP) is 2.27. The smallest absolute Gasteiger partial charge is 0.325 e. The second-order valence-electron chi connectivity index (χ2n) is 6.63. The molecular formula is C20H23N3O4S2. The lowest BCUT2D eigenvalue weighted by Crippen LogP contribution is -2.32. The lowest BCUT2D eigenvalue weighted by molar-refractivity contribution is -0.143. The van der Waals surface area contributed by atoms with Gasteiger partial charge in [0.25, 0.3) is 5.56 Å². The van der Waals surface area contributed by atoms with Gasteiger partial charge in [0.05, 0.1) is 28.6 Å². The summed E-state index contributed by atoms with van der Waals surface area (Å²) in [4.78, 5) is 42.1. The number of esters is 1. The highest BCUT2D eigenvalue weighted by molar-refractivity contribution is 8.00. The monoisotopic (exact) mass is 433 g/mol. The third-order valence-corrected chi connectivity index (χ3v) is 6.24. The number of benzene rings is 1. The summed E-state index contributed by atoms with van der Waals surface area (Å²) in [5.74, 6) is 0.0750. The third kappa shape index (κ3) is 5.22. The number of thioether (sulfide) groups is 2. The quantitative estimate of drug-likeness (QED) is 0.407. The molecule has 0 fully saturated rings. The number of carbonyl (C=O) groups excluding carboxylic acids is 2. The molecule has 1 N–H and O–H groups in total. The number of fused-ring (bicyclic) bond motifs is 1. The zero-order valence-electron chi connectivity index (χ0n) is 16.6. The average molecular weight is 434 g/mol. The fourth-order valence-corrected chi connectivity index (χ4v) is 4.94. The van der Waals surface area contributed by atoms with E-state index in [-0.39, 0.29) is 30.4 Å². The molecule has 1 aliphatic rings. The van der Waals surface area contributed by atoms with Crippen LogP contribution in [-0.4, -0.2) is 46.1 Å². The van der Waals surface area contributed by atoms with Crippen LogP contribution in [0.3, 0.4) is 0 Å². The second-order valence-corrected chi connectivity index (χ2v) is 8.67. The van der Waals surface area contributed by atoms with E-state index in [1.54, 1.807) is 11.5 Å². The first-order valence-electron chi connectivity index (χ1n) is 9.31. The van der Waals surface area contributed by atoms with E-state index >= 15 is 0 Å². The Morgan fingerprint density at radius 1 is 1.28 bits per heavy atom. The molecule has 3 rings (SSSR count). The van der Waals surface area contributed by atoms with Gasteiger partial charge in [-0.2, -0.15) is 0 Å². The summed E-state index contributed by atoms with van der Waals surface area (Å²) in [6, 6.07) is 5.92. The SMILES string of the molecule is CCOC(=O)CNC(=O)CSc1nc2c(c(=O)n1-c1cc(C)cc(C)c1)SCC2. The second kappa shape index (κ2) is 9.49. The van der Waals surface area contributed by atoms with Crippen LogP contribution in [0, 0.1) is 13.8 Å². The van der Waals surface area contributed by atoms with Gasteiger partial charge in [0, 0.05) is 12.2 Å². The number of amides is 1. The van der Waals surface area contributed by atoms with Crippen molar-refractivity contribution in [3.63, 3.8) is 0 Å². The predicted molar refractivity (Wildman–Crippen MR) is 114 cm³/mol. The Kier molecular flexibility index (Phi) is 7.02. The Morgan fingerprint density at radius 3 is 2.69 bits per heavy atom. The Labute approximate surface area is 177 Å². The van der Waals surface area contributed by atoms with Crippen molar-refractivity contribution in [3.05, 3.63) is 45.4 Å². The molecule has 0 aliphatic carbocycles. The van der Waals surface area contributed by atoms with E-state index in [1.807, 2.05) is 32.0 Å². The summed E-state index contributed by atoms with van der Waals surface area (Å²) in [6.45, 7) is 5.76. The van der Waals surface area contributed by atoms with Crippen molar-refractivity contribution >= 4 is 35.4 Å². The maximum absolute atomic E-state index is 13.2. The number of nitrogens with one attached hydrogen (secondary N) is 1. The molecule has 154 valence electrons. The van der Waals surface area contributed by atoms with Crippen LogP contribution in [0.5, 0.6) is 0 Å². The first-order valence-corrected chi connectivity index (χ1v) is 11.3. The number of hydrogen-bond acceptors (Lipinski definition) is 7. The van der Waals surface area contributed by atoms with Crippen LogP contribution in [0.1, 0.15) is 23.7 Å². The van der Waals surface area contributed by atoms with Crippen LogP contribution >= 0.6 is 23.5 Å². The Bertz CT molecular complexity index is 984. The van der Waals surface area contributed by atoms with E-state index in [1.165, 1.54) is 23.5 Å². The van der Waals surface area contributed by atoms with Crippen LogP contribution < -0.4 is 10.9 Å². The summed E-state index contributed by atoms with van der Waals surface area (Å²) < 4.78 is 6.38. The summed E-state index contributed by atoms with van der Waals surface area (Å²) in [7, 11) is 0. The minimum atomic E-state index is -0.481. The summed E-state index contributed by atoms with van der Waals surface area (Å²) in [6.07, 6.45) is 0.742. The topological polar surface area (TPSA) is 90.3 Å². The number of nitrogens with zero attached hydrogens (tertiary/aromatic N) is 2. The number of aryl methyl sites for hydroxylation is 3. The van der Waals surface area contributed by atoms with Crippen LogP contribution in [0.2, 0.25) is 0 Å². The zero-order chi connectivity index (χ0) is 21.0. The highest BCUT2D eigenvalue weighted by Gasteiger charge is 2.23. The largest absolute Gasteiger partial charge is 0.465 e. The molecule has 0 saturated heterocycles. The van der Waals surface area contributed by atoms with Crippen molar-refractivity contribution in [2.24, 2.45) is 0 Å². The van der Waals surface area contributed by atoms with Crippen molar-refractivity contribution in [2.75, 3.05) is 24.7 Å². The van der Waals surface area contributed by atoms with E-state index in [0.29, 0.717) is 10.1 Å². The van der Waals surface area contributed by atoms with Gasteiger partial charge in [-0.05, 0) is 44.0 Å². The molecule has 1 aliphatic heterocycles. The first kappa shape index (κ1) is 21.4. The third-order valence-electron chi connectivity index (χ3n) is 4.20. The number of rotatable bonds is 7. The molecule has 2 heterocycles. The highest BCUT2D eigenvalue weighted by atomic mass is 32.2. The molecule has 1 amide bonds. The van der Waals surface area contributed by atoms with E-state index in [0.717, 1.165) is 34.7 Å². The highest BCUT2D eigenvalue weighted by Crippen LogP contribution is 2.30. The first-order chi connectivity index (χ1) is 13.9. The molecule has 29 heavy (non-hydrogen) atoms. The summed E-state index contributed by atoms with van der Waals surface area (Å²) in [5, 5.41) is 3.01. The van der Waals surface area contributed by atoms with Crippen molar-refractivity contribution in [3.8, 4) is 5.69 Å². The molecule has 0 atom stereocenters. The van der Waals surface area contributed by atoms with Gasteiger partial charge >= 0.3 is 5.97 Å². The lowest BCUT2D eigenvalue weighted by atomic mass is 10.1.